The van der Waals surface area contributed by atoms with Crippen molar-refractivity contribution in [2.45, 2.75) is 40.7 Å². The first-order valence-electron chi connectivity index (χ1n) is 11.5. The third-order valence-corrected chi connectivity index (χ3v) is 5.05. The predicted octanol–water partition coefficient (Wildman–Crippen LogP) is 2.30. The highest BCUT2D eigenvalue weighted by atomic mass is 19.1. The zero-order chi connectivity index (χ0) is 25.4. The number of halogens is 1. The van der Waals surface area contributed by atoms with Gasteiger partial charge in [-0.15, -0.1) is 0 Å². The van der Waals surface area contributed by atoms with Crippen LogP contribution in [0.3, 0.4) is 0 Å². The molecule has 0 saturated heterocycles. The molecule has 3 N–H and O–H groups in total. The van der Waals surface area contributed by atoms with E-state index in [1.165, 1.54) is 21.6 Å². The quantitative estimate of drug-likeness (QED) is 0.454. The summed E-state index contributed by atoms with van der Waals surface area (Å²) in [6.45, 7) is 9.39. The molecule has 1 aromatic carbocycles. The second kappa shape index (κ2) is 12.4. The number of aromatic nitrogens is 2. The number of anilines is 2. The van der Waals surface area contributed by atoms with Crippen LogP contribution >= 0.6 is 0 Å². The number of benzene rings is 1. The van der Waals surface area contributed by atoms with Crippen molar-refractivity contribution in [2.75, 3.05) is 43.9 Å². The molecule has 0 atom stereocenters. The van der Waals surface area contributed by atoms with Crippen molar-refractivity contribution in [2.24, 2.45) is 11.8 Å². The maximum absolute atomic E-state index is 13.2. The van der Waals surface area contributed by atoms with Crippen molar-refractivity contribution in [1.29, 1.82) is 0 Å². The molecule has 9 nitrogen and oxygen atoms in total. The van der Waals surface area contributed by atoms with Crippen LogP contribution in [0, 0.1) is 17.7 Å². The SMILES string of the molecule is CC(C)CN(C(=O)CN(C)CCCOc1ccc(F)cc1)c1c(N)n(CC(C)C)c(=O)[nH]c1=O. The molecule has 2 rings (SSSR count). The van der Waals surface area contributed by atoms with Crippen molar-refractivity contribution in [3.8, 4) is 5.75 Å². The number of carbonyl (C=O) groups is 1. The number of nitrogens with two attached hydrogens (primary N) is 1. The standard InChI is InChI=1S/C24H36FN5O4/c1-16(2)13-29(21-22(26)30(14-17(3)4)24(33)27-23(21)32)20(31)15-28(5)11-6-12-34-19-9-7-18(25)8-10-19/h7-10,16-17H,6,11-15,26H2,1-5H3,(H,27,32,33). The monoisotopic (exact) mass is 477 g/mol. The van der Waals surface area contributed by atoms with Gasteiger partial charge in [-0.05, 0) is 49.6 Å². The number of rotatable bonds is 12. The van der Waals surface area contributed by atoms with Crippen molar-refractivity contribution >= 4 is 17.4 Å². The third-order valence-electron chi connectivity index (χ3n) is 5.05. The summed E-state index contributed by atoms with van der Waals surface area (Å²) in [5, 5.41) is 0. The maximum Gasteiger partial charge on any atom is 0.330 e. The molecule has 1 aromatic heterocycles. The highest BCUT2D eigenvalue weighted by Gasteiger charge is 2.25. The number of nitrogens with zero attached hydrogens (tertiary/aromatic N) is 3. The minimum absolute atomic E-state index is 0.00648. The van der Waals surface area contributed by atoms with Crippen LogP contribution < -0.4 is 26.6 Å². The summed E-state index contributed by atoms with van der Waals surface area (Å²) >= 11 is 0. The number of hydrogen-bond acceptors (Lipinski definition) is 6. The fourth-order valence-electron chi connectivity index (χ4n) is 3.52. The molecule has 0 radical (unpaired) electrons. The molecule has 0 bridgehead atoms. The molecule has 0 spiro atoms. The van der Waals surface area contributed by atoms with Crippen LogP contribution in [0.2, 0.25) is 0 Å². The van der Waals surface area contributed by atoms with Crippen molar-refractivity contribution in [3.63, 3.8) is 0 Å². The molecule has 0 aliphatic carbocycles. The third kappa shape index (κ3) is 7.72. The van der Waals surface area contributed by atoms with E-state index in [0.29, 0.717) is 31.9 Å². The Labute approximate surface area is 199 Å². The summed E-state index contributed by atoms with van der Waals surface area (Å²) < 4.78 is 19.9. The van der Waals surface area contributed by atoms with Gasteiger partial charge in [0.05, 0.1) is 13.2 Å². The normalized spacial score (nSPS) is 11.4. The topological polar surface area (TPSA) is 114 Å². The zero-order valence-electron chi connectivity index (χ0n) is 20.6. The van der Waals surface area contributed by atoms with Gasteiger partial charge in [0.1, 0.15) is 17.4 Å². The van der Waals surface area contributed by atoms with E-state index in [4.69, 9.17) is 10.5 Å². The molecule has 10 heteroatoms. The molecular formula is C24H36FN5O4. The molecule has 1 heterocycles. The summed E-state index contributed by atoms with van der Waals surface area (Å²) in [7, 11) is 1.80. The number of nitrogen functional groups attached to an aromatic ring is 1. The van der Waals surface area contributed by atoms with Crippen LogP contribution in [0.1, 0.15) is 34.1 Å². The molecule has 0 unspecified atom stereocenters. The first-order chi connectivity index (χ1) is 16.0. The molecule has 0 aliphatic heterocycles. The summed E-state index contributed by atoms with van der Waals surface area (Å²) in [6, 6.07) is 5.79. The fraction of sp³-hybridized carbons (Fsp3) is 0.542. The van der Waals surface area contributed by atoms with Gasteiger partial charge < -0.3 is 15.4 Å². The minimum atomic E-state index is -0.674. The van der Waals surface area contributed by atoms with Crippen LogP contribution in [-0.4, -0.2) is 53.6 Å². The Morgan fingerprint density at radius 1 is 1.15 bits per heavy atom. The van der Waals surface area contributed by atoms with Gasteiger partial charge in [-0.1, -0.05) is 27.7 Å². The molecule has 0 fully saturated rings. The Bertz CT molecular complexity index is 1060. The first kappa shape index (κ1) is 27.1. The van der Waals surface area contributed by atoms with Crippen molar-refractivity contribution < 1.29 is 13.9 Å². The van der Waals surface area contributed by atoms with Crippen LogP contribution in [-0.2, 0) is 11.3 Å². The number of likely N-dealkylation sites (N-methyl/N-ethyl adjacent to an activating group) is 1. The van der Waals surface area contributed by atoms with Crippen LogP contribution in [0.4, 0.5) is 15.9 Å². The van der Waals surface area contributed by atoms with Crippen molar-refractivity contribution in [1.82, 2.24) is 14.5 Å². The molecule has 2 aromatic rings. The number of carbonyl (C=O) groups excluding carboxylic acids is 1. The highest BCUT2D eigenvalue weighted by molar-refractivity contribution is 5.96. The number of ether oxygens (including phenoxy) is 1. The Kier molecular flexibility index (Phi) is 9.85. The zero-order valence-corrected chi connectivity index (χ0v) is 20.6. The molecule has 0 saturated carbocycles. The Hall–Kier alpha value is -3.14. The van der Waals surface area contributed by atoms with E-state index in [9.17, 15) is 18.8 Å². The van der Waals surface area contributed by atoms with E-state index in [0.717, 1.165) is 0 Å². The van der Waals surface area contributed by atoms with Gasteiger partial charge in [0.15, 0.2) is 5.69 Å². The van der Waals surface area contributed by atoms with Crippen molar-refractivity contribution in [3.05, 3.63) is 50.9 Å². The smallest absolute Gasteiger partial charge is 0.330 e. The largest absolute Gasteiger partial charge is 0.494 e. The number of hydrogen-bond donors (Lipinski definition) is 2. The van der Waals surface area contributed by atoms with Gasteiger partial charge in [0, 0.05) is 19.6 Å². The lowest BCUT2D eigenvalue weighted by atomic mass is 10.2. The maximum atomic E-state index is 13.2. The second-order valence-electron chi connectivity index (χ2n) is 9.29. The molecule has 34 heavy (non-hydrogen) atoms. The average Bonchev–Trinajstić information content (AvgIpc) is 2.74. The van der Waals surface area contributed by atoms with E-state index < -0.39 is 11.2 Å². The molecule has 0 aliphatic rings. The number of amides is 1. The van der Waals surface area contributed by atoms with Crippen LogP contribution in [0.5, 0.6) is 5.75 Å². The Morgan fingerprint density at radius 2 is 1.79 bits per heavy atom. The van der Waals surface area contributed by atoms with Crippen LogP contribution in [0.15, 0.2) is 33.9 Å². The van der Waals surface area contributed by atoms with Crippen LogP contribution in [0.25, 0.3) is 0 Å². The van der Waals surface area contributed by atoms with E-state index in [1.54, 1.807) is 19.2 Å². The highest BCUT2D eigenvalue weighted by Crippen LogP contribution is 2.19. The minimum Gasteiger partial charge on any atom is -0.494 e. The average molecular weight is 478 g/mol. The first-order valence-corrected chi connectivity index (χ1v) is 11.5. The molecule has 188 valence electrons. The van der Waals surface area contributed by atoms with Gasteiger partial charge in [-0.2, -0.15) is 0 Å². The van der Waals surface area contributed by atoms with Gasteiger partial charge in [0.2, 0.25) is 5.91 Å². The second-order valence-corrected chi connectivity index (χ2v) is 9.29. The number of aromatic amines is 1. The van der Waals surface area contributed by atoms with Gasteiger partial charge in [-0.3, -0.25) is 24.0 Å². The lowest BCUT2D eigenvalue weighted by molar-refractivity contribution is -0.119. The summed E-state index contributed by atoms with van der Waals surface area (Å²) in [5.74, 6) is 0.151. The Morgan fingerprint density at radius 3 is 2.38 bits per heavy atom. The predicted molar refractivity (Wildman–Crippen MR) is 132 cm³/mol. The lowest BCUT2D eigenvalue weighted by Crippen LogP contribution is -2.46. The fourth-order valence-corrected chi connectivity index (χ4v) is 3.52. The van der Waals surface area contributed by atoms with E-state index >= 15 is 0 Å². The summed E-state index contributed by atoms with van der Waals surface area (Å²) in [4.78, 5) is 43.7. The molecular weight excluding hydrogens is 441 g/mol. The number of nitrogens with one attached hydrogen (secondary N) is 1. The number of H-pyrrole nitrogens is 1. The van der Waals surface area contributed by atoms with Gasteiger partial charge in [0.25, 0.3) is 5.56 Å². The van der Waals surface area contributed by atoms with Gasteiger partial charge >= 0.3 is 5.69 Å². The summed E-state index contributed by atoms with van der Waals surface area (Å²) in [6.07, 6.45) is 0.646. The summed E-state index contributed by atoms with van der Waals surface area (Å²) in [5.41, 5.74) is 4.98. The van der Waals surface area contributed by atoms with Gasteiger partial charge in [-0.25, -0.2) is 9.18 Å². The Balaban J connectivity index is 2.10. The molecule has 1 amide bonds. The van der Waals surface area contributed by atoms with E-state index in [1.807, 2.05) is 32.6 Å². The lowest BCUT2D eigenvalue weighted by Gasteiger charge is -2.28. The van der Waals surface area contributed by atoms with E-state index in [2.05, 4.69) is 4.98 Å². The van der Waals surface area contributed by atoms with E-state index in [-0.39, 0.29) is 48.2 Å².